The Labute approximate surface area is 214 Å². The van der Waals surface area contributed by atoms with Gasteiger partial charge in [0.1, 0.15) is 0 Å². The van der Waals surface area contributed by atoms with E-state index in [0.717, 1.165) is 16.7 Å². The van der Waals surface area contributed by atoms with Crippen molar-refractivity contribution >= 4 is 29.4 Å². The van der Waals surface area contributed by atoms with Crippen LogP contribution in [0.5, 0.6) is 0 Å². The molecule has 8 heteroatoms. The number of carbonyl (C=O) groups excluding carboxylic acids is 4. The van der Waals surface area contributed by atoms with E-state index in [4.69, 9.17) is 9.47 Å². The van der Waals surface area contributed by atoms with E-state index in [-0.39, 0.29) is 19.4 Å². The molecule has 0 radical (unpaired) electrons. The molecule has 2 N–H and O–H groups in total. The molecule has 2 aliphatic rings. The highest BCUT2D eigenvalue weighted by Crippen LogP contribution is 2.30. The lowest BCUT2D eigenvalue weighted by molar-refractivity contribution is -0.140. The number of carbonyl (C=O) groups is 4. The van der Waals surface area contributed by atoms with Crippen molar-refractivity contribution < 1.29 is 28.7 Å². The van der Waals surface area contributed by atoms with Gasteiger partial charge in [0.2, 0.25) is 0 Å². The van der Waals surface area contributed by atoms with Crippen molar-refractivity contribution in [2.24, 2.45) is 0 Å². The second-order valence-electron chi connectivity index (χ2n) is 9.75. The minimum absolute atomic E-state index is 0.164. The van der Waals surface area contributed by atoms with E-state index in [9.17, 15) is 19.2 Å². The fourth-order valence-electron chi connectivity index (χ4n) is 4.71. The molecule has 3 aromatic carbocycles. The van der Waals surface area contributed by atoms with Crippen LogP contribution >= 0.6 is 0 Å². The van der Waals surface area contributed by atoms with Crippen molar-refractivity contribution in [3.05, 3.63) is 101 Å². The molecule has 2 aliphatic heterocycles. The van der Waals surface area contributed by atoms with Gasteiger partial charge in [-0.3, -0.25) is 9.59 Å². The monoisotopic (exact) mass is 498 g/mol. The lowest BCUT2D eigenvalue weighted by Crippen LogP contribution is -2.51. The number of ether oxygens (including phenoxy) is 2. The van der Waals surface area contributed by atoms with Crippen LogP contribution in [-0.2, 0) is 38.4 Å². The summed E-state index contributed by atoms with van der Waals surface area (Å²) in [6.45, 7) is 3.35. The highest BCUT2D eigenvalue weighted by Gasteiger charge is 2.43. The molecule has 0 saturated carbocycles. The van der Waals surface area contributed by atoms with Gasteiger partial charge < -0.3 is 20.1 Å². The molecule has 2 amide bonds. The minimum Gasteiger partial charge on any atom is -0.445 e. The number of nitrogens with one attached hydrogen (secondary N) is 2. The molecule has 0 spiro atoms. The Morgan fingerprint density at radius 3 is 1.89 bits per heavy atom. The standard InChI is InChI=1S/C29H26N2O6/c1-28(15-19-9-3-5-12-22(19)24(32)36-28)26(34)30-17-18-8-7-11-21(14-18)31-27(35)29(2)16-20-10-4-6-13-23(20)25(33)37-29/h3-14H,15-17H2,1-2H3,(H,30,34)(H,31,35). The fraction of sp³-hybridized carbons (Fsp3) is 0.241. The number of benzene rings is 3. The first-order valence-corrected chi connectivity index (χ1v) is 12.0. The minimum atomic E-state index is -1.36. The molecule has 0 aliphatic carbocycles. The summed E-state index contributed by atoms with van der Waals surface area (Å²) in [7, 11) is 0. The van der Waals surface area contributed by atoms with E-state index in [1.807, 2.05) is 24.3 Å². The zero-order valence-electron chi connectivity index (χ0n) is 20.5. The number of anilines is 1. The van der Waals surface area contributed by atoms with E-state index in [1.54, 1.807) is 62.4 Å². The van der Waals surface area contributed by atoms with Crippen LogP contribution in [0, 0.1) is 0 Å². The molecule has 0 bridgehead atoms. The lowest BCUT2D eigenvalue weighted by atomic mass is 9.89. The molecule has 8 nitrogen and oxygen atoms in total. The van der Waals surface area contributed by atoms with Crippen molar-refractivity contribution in [3.8, 4) is 0 Å². The average Bonchev–Trinajstić information content (AvgIpc) is 2.87. The van der Waals surface area contributed by atoms with Gasteiger partial charge in [-0.15, -0.1) is 0 Å². The average molecular weight is 499 g/mol. The van der Waals surface area contributed by atoms with Crippen molar-refractivity contribution in [2.75, 3.05) is 5.32 Å². The van der Waals surface area contributed by atoms with Crippen molar-refractivity contribution in [2.45, 2.75) is 44.4 Å². The number of esters is 2. The van der Waals surface area contributed by atoms with Gasteiger partial charge in [0.25, 0.3) is 11.8 Å². The zero-order chi connectivity index (χ0) is 26.2. The first-order chi connectivity index (χ1) is 17.7. The van der Waals surface area contributed by atoms with Crippen LogP contribution in [0.4, 0.5) is 5.69 Å². The van der Waals surface area contributed by atoms with Crippen LogP contribution in [0.15, 0.2) is 72.8 Å². The maximum atomic E-state index is 13.1. The smallest absolute Gasteiger partial charge is 0.339 e. The molecule has 0 aromatic heterocycles. The third kappa shape index (κ3) is 4.70. The van der Waals surface area contributed by atoms with Crippen LogP contribution in [0.3, 0.4) is 0 Å². The van der Waals surface area contributed by atoms with Gasteiger partial charge in [-0.25, -0.2) is 9.59 Å². The predicted octanol–water partition coefficient (Wildman–Crippen LogP) is 3.58. The maximum absolute atomic E-state index is 13.1. The van der Waals surface area contributed by atoms with Gasteiger partial charge in [-0.1, -0.05) is 48.5 Å². The number of rotatable bonds is 5. The van der Waals surface area contributed by atoms with Gasteiger partial charge in [0, 0.05) is 25.1 Å². The first-order valence-electron chi connectivity index (χ1n) is 12.0. The Kier molecular flexibility index (Phi) is 6.03. The van der Waals surface area contributed by atoms with Crippen LogP contribution in [0.25, 0.3) is 0 Å². The second-order valence-corrected chi connectivity index (χ2v) is 9.75. The first kappa shape index (κ1) is 24.2. The summed E-state index contributed by atoms with van der Waals surface area (Å²) in [4.78, 5) is 50.9. The van der Waals surface area contributed by atoms with Crippen LogP contribution in [0.1, 0.15) is 51.3 Å². The normalized spacial score (nSPS) is 22.1. The van der Waals surface area contributed by atoms with Gasteiger partial charge in [-0.2, -0.15) is 0 Å². The third-order valence-corrected chi connectivity index (χ3v) is 6.76. The number of hydrogen-bond acceptors (Lipinski definition) is 6. The van der Waals surface area contributed by atoms with E-state index >= 15 is 0 Å². The summed E-state index contributed by atoms with van der Waals surface area (Å²) in [5.41, 5.74) is 1.00. The lowest BCUT2D eigenvalue weighted by Gasteiger charge is -2.33. The quantitative estimate of drug-likeness (QED) is 0.520. The van der Waals surface area contributed by atoms with Gasteiger partial charge >= 0.3 is 11.9 Å². The highest BCUT2D eigenvalue weighted by molar-refractivity contribution is 6.02. The molecule has 5 rings (SSSR count). The van der Waals surface area contributed by atoms with Crippen molar-refractivity contribution in [1.82, 2.24) is 5.32 Å². The van der Waals surface area contributed by atoms with E-state index in [1.165, 1.54) is 0 Å². The van der Waals surface area contributed by atoms with Crippen LogP contribution in [-0.4, -0.2) is 35.0 Å². The molecule has 37 heavy (non-hydrogen) atoms. The molecule has 188 valence electrons. The zero-order valence-corrected chi connectivity index (χ0v) is 20.5. The summed E-state index contributed by atoms with van der Waals surface area (Å²) >= 11 is 0. The summed E-state index contributed by atoms with van der Waals surface area (Å²) in [5, 5.41) is 5.65. The van der Waals surface area contributed by atoms with E-state index in [2.05, 4.69) is 10.6 Å². The number of amides is 2. The number of hydrogen-bond donors (Lipinski definition) is 2. The molecule has 0 saturated heterocycles. The van der Waals surface area contributed by atoms with Crippen molar-refractivity contribution in [1.29, 1.82) is 0 Å². The maximum Gasteiger partial charge on any atom is 0.339 e. The third-order valence-electron chi connectivity index (χ3n) is 6.76. The summed E-state index contributed by atoms with van der Waals surface area (Å²) in [6, 6.07) is 21.1. The molecule has 3 aromatic rings. The molecule has 2 atom stereocenters. The largest absolute Gasteiger partial charge is 0.445 e. The SMILES string of the molecule is CC1(C(=O)NCc2cccc(NC(=O)C3(C)Cc4ccccc4C(=O)O3)c2)Cc2ccccc2C(=O)O1. The number of fused-ring (bicyclic) bond motifs is 2. The Hall–Kier alpha value is -4.46. The summed E-state index contributed by atoms with van der Waals surface area (Å²) in [5.74, 6) is -1.92. The van der Waals surface area contributed by atoms with E-state index in [0.29, 0.717) is 16.8 Å². The summed E-state index contributed by atoms with van der Waals surface area (Å²) in [6.07, 6.45) is 0.536. The Balaban J connectivity index is 1.24. The highest BCUT2D eigenvalue weighted by atomic mass is 16.6. The van der Waals surface area contributed by atoms with Gasteiger partial charge in [0.15, 0.2) is 11.2 Å². The van der Waals surface area contributed by atoms with Gasteiger partial charge in [0.05, 0.1) is 11.1 Å². The summed E-state index contributed by atoms with van der Waals surface area (Å²) < 4.78 is 11.0. The fourth-order valence-corrected chi connectivity index (χ4v) is 4.71. The Bertz CT molecular complexity index is 1430. The Morgan fingerprint density at radius 2 is 1.30 bits per heavy atom. The molecular weight excluding hydrogens is 472 g/mol. The van der Waals surface area contributed by atoms with Crippen LogP contribution < -0.4 is 10.6 Å². The van der Waals surface area contributed by atoms with Crippen LogP contribution in [0.2, 0.25) is 0 Å². The van der Waals surface area contributed by atoms with Gasteiger partial charge in [-0.05, 0) is 54.8 Å². The van der Waals surface area contributed by atoms with E-state index < -0.39 is 35.0 Å². The topological polar surface area (TPSA) is 111 Å². The molecular formula is C29H26N2O6. The number of cyclic esters (lactones) is 2. The molecule has 2 unspecified atom stereocenters. The van der Waals surface area contributed by atoms with Crippen molar-refractivity contribution in [3.63, 3.8) is 0 Å². The predicted molar refractivity (Wildman–Crippen MR) is 135 cm³/mol. The molecule has 0 fully saturated rings. The Morgan fingerprint density at radius 1 is 0.757 bits per heavy atom. The second kappa shape index (κ2) is 9.20. The molecule has 2 heterocycles.